The number of rotatable bonds is 4. The maximum Gasteiger partial charge on any atom is 0.338 e. The van der Waals surface area contributed by atoms with Gasteiger partial charge in [0.1, 0.15) is 11.9 Å². The Morgan fingerprint density at radius 3 is 2.45 bits per heavy atom. The third-order valence-electron chi connectivity index (χ3n) is 2.88. The first-order chi connectivity index (χ1) is 10.3. The van der Waals surface area contributed by atoms with Gasteiger partial charge in [-0.1, -0.05) is 0 Å². The van der Waals surface area contributed by atoms with Crippen LogP contribution in [0.5, 0.6) is 0 Å². The van der Waals surface area contributed by atoms with Gasteiger partial charge in [-0.2, -0.15) is 5.10 Å². The zero-order valence-electron chi connectivity index (χ0n) is 11.2. The van der Waals surface area contributed by atoms with Gasteiger partial charge in [-0.05, 0) is 50.9 Å². The van der Waals surface area contributed by atoms with E-state index >= 15 is 0 Å². The number of aromatic nitrogens is 2. The van der Waals surface area contributed by atoms with Crippen LogP contribution < -0.4 is 5.32 Å². The van der Waals surface area contributed by atoms with Gasteiger partial charge in [-0.15, -0.1) is 0 Å². The van der Waals surface area contributed by atoms with Crippen molar-refractivity contribution in [2.75, 3.05) is 5.32 Å². The highest BCUT2D eigenvalue weighted by Crippen LogP contribution is 2.32. The number of carboxylic acids is 1. The standard InChI is InChI=1S/C13H10Br2FN3O3/c1-6(19-5-7(4-17-19)13(21)22)12(20)18-11-9(14)2-8(16)3-10(11)15/h2-6H,1H3,(H,18,20)(H,21,22). The van der Waals surface area contributed by atoms with E-state index in [0.717, 1.165) is 6.20 Å². The molecule has 1 aromatic carbocycles. The van der Waals surface area contributed by atoms with E-state index in [0.29, 0.717) is 14.6 Å². The Morgan fingerprint density at radius 2 is 1.95 bits per heavy atom. The monoisotopic (exact) mass is 433 g/mol. The molecule has 0 bridgehead atoms. The van der Waals surface area contributed by atoms with Crippen LogP contribution in [-0.4, -0.2) is 26.8 Å². The lowest BCUT2D eigenvalue weighted by atomic mass is 10.2. The number of anilines is 1. The summed E-state index contributed by atoms with van der Waals surface area (Å²) in [6, 6.07) is 1.71. The number of hydrogen-bond donors (Lipinski definition) is 2. The molecule has 9 heteroatoms. The molecular weight excluding hydrogens is 425 g/mol. The molecule has 6 nitrogen and oxygen atoms in total. The summed E-state index contributed by atoms with van der Waals surface area (Å²) in [5.41, 5.74) is 0.368. The van der Waals surface area contributed by atoms with E-state index in [4.69, 9.17) is 5.11 Å². The molecule has 1 amide bonds. The van der Waals surface area contributed by atoms with Crippen molar-refractivity contribution in [1.82, 2.24) is 9.78 Å². The summed E-state index contributed by atoms with van der Waals surface area (Å²) in [5.74, 6) is -2.00. The molecule has 2 aromatic rings. The predicted octanol–water partition coefficient (Wildman–Crippen LogP) is 3.45. The number of halogens is 3. The molecular formula is C13H10Br2FN3O3. The molecule has 0 saturated carbocycles. The van der Waals surface area contributed by atoms with Gasteiger partial charge in [0.15, 0.2) is 0 Å². The minimum atomic E-state index is -1.12. The third-order valence-corrected chi connectivity index (χ3v) is 4.13. The quantitative estimate of drug-likeness (QED) is 0.771. The lowest BCUT2D eigenvalue weighted by Crippen LogP contribution is -2.24. The SMILES string of the molecule is CC(C(=O)Nc1c(Br)cc(F)cc1Br)n1cc(C(=O)O)cn1. The Hall–Kier alpha value is -1.74. The highest BCUT2D eigenvalue weighted by molar-refractivity contribution is 9.11. The minimum Gasteiger partial charge on any atom is -0.478 e. The van der Waals surface area contributed by atoms with E-state index in [1.54, 1.807) is 6.92 Å². The maximum absolute atomic E-state index is 13.2. The third kappa shape index (κ3) is 3.53. The van der Waals surface area contributed by atoms with Gasteiger partial charge in [0, 0.05) is 15.1 Å². The maximum atomic E-state index is 13.2. The summed E-state index contributed by atoms with van der Waals surface area (Å²) in [5, 5.41) is 15.3. The molecule has 0 radical (unpaired) electrons. The van der Waals surface area contributed by atoms with Gasteiger partial charge < -0.3 is 10.4 Å². The van der Waals surface area contributed by atoms with Gasteiger partial charge in [0.05, 0.1) is 17.4 Å². The van der Waals surface area contributed by atoms with Crippen molar-refractivity contribution in [2.24, 2.45) is 0 Å². The van der Waals surface area contributed by atoms with E-state index in [1.807, 2.05) is 0 Å². The minimum absolute atomic E-state index is 0.0104. The molecule has 22 heavy (non-hydrogen) atoms. The summed E-state index contributed by atoms with van der Waals surface area (Å²) in [7, 11) is 0. The van der Waals surface area contributed by atoms with Crippen LogP contribution in [0.25, 0.3) is 0 Å². The first-order valence-corrected chi connectivity index (χ1v) is 7.61. The Kier molecular flexibility index (Phi) is 4.97. The molecule has 0 aliphatic heterocycles. The molecule has 0 fully saturated rings. The first kappa shape index (κ1) is 16.6. The number of nitrogens with zero attached hydrogens (tertiary/aromatic N) is 2. The normalized spacial score (nSPS) is 12.0. The van der Waals surface area contributed by atoms with Gasteiger partial charge in [0.25, 0.3) is 0 Å². The highest BCUT2D eigenvalue weighted by Gasteiger charge is 2.20. The summed E-state index contributed by atoms with van der Waals surface area (Å²) in [4.78, 5) is 23.0. The van der Waals surface area contributed by atoms with Crippen molar-refractivity contribution in [2.45, 2.75) is 13.0 Å². The smallest absolute Gasteiger partial charge is 0.338 e. The molecule has 116 valence electrons. The van der Waals surface area contributed by atoms with Crippen LogP contribution in [0.4, 0.5) is 10.1 Å². The zero-order chi connectivity index (χ0) is 16.4. The largest absolute Gasteiger partial charge is 0.478 e. The van der Waals surface area contributed by atoms with Crippen LogP contribution in [0.1, 0.15) is 23.3 Å². The van der Waals surface area contributed by atoms with E-state index in [2.05, 4.69) is 42.3 Å². The number of benzene rings is 1. The summed E-state index contributed by atoms with van der Waals surface area (Å²) in [6.07, 6.45) is 2.43. The van der Waals surface area contributed by atoms with Crippen molar-refractivity contribution in [3.63, 3.8) is 0 Å². The Morgan fingerprint density at radius 1 is 1.36 bits per heavy atom. The summed E-state index contributed by atoms with van der Waals surface area (Å²) in [6.45, 7) is 1.57. The van der Waals surface area contributed by atoms with Crippen molar-refractivity contribution >= 4 is 49.4 Å². The van der Waals surface area contributed by atoms with Gasteiger partial charge in [-0.25, -0.2) is 9.18 Å². The fourth-order valence-corrected chi connectivity index (χ4v) is 3.00. The Balaban J connectivity index is 2.19. The lowest BCUT2D eigenvalue weighted by molar-refractivity contribution is -0.119. The topological polar surface area (TPSA) is 84.2 Å². The van der Waals surface area contributed by atoms with Gasteiger partial charge in [0.2, 0.25) is 5.91 Å². The molecule has 1 unspecified atom stereocenters. The van der Waals surface area contributed by atoms with Crippen LogP contribution in [0.3, 0.4) is 0 Å². The molecule has 2 N–H and O–H groups in total. The van der Waals surface area contributed by atoms with E-state index in [-0.39, 0.29) is 5.56 Å². The van der Waals surface area contributed by atoms with Gasteiger partial charge in [-0.3, -0.25) is 9.48 Å². The average molecular weight is 435 g/mol. The Bertz CT molecular complexity index is 725. The van der Waals surface area contributed by atoms with Crippen molar-refractivity contribution in [3.8, 4) is 0 Å². The second kappa shape index (κ2) is 6.57. The molecule has 1 aromatic heterocycles. The van der Waals surface area contributed by atoms with Crippen LogP contribution in [0.2, 0.25) is 0 Å². The highest BCUT2D eigenvalue weighted by atomic mass is 79.9. The number of carbonyl (C=O) groups is 2. The van der Waals surface area contributed by atoms with E-state index in [1.165, 1.54) is 23.0 Å². The molecule has 0 aliphatic carbocycles. The number of nitrogens with one attached hydrogen (secondary N) is 1. The van der Waals surface area contributed by atoms with Crippen LogP contribution in [0, 0.1) is 5.82 Å². The summed E-state index contributed by atoms with van der Waals surface area (Å²) < 4.78 is 15.2. The van der Waals surface area contributed by atoms with Crippen LogP contribution in [-0.2, 0) is 4.79 Å². The number of hydrogen-bond acceptors (Lipinski definition) is 3. The second-order valence-corrected chi connectivity index (χ2v) is 6.13. The van der Waals surface area contributed by atoms with Crippen molar-refractivity contribution in [3.05, 3.63) is 44.9 Å². The molecule has 1 heterocycles. The molecule has 0 spiro atoms. The number of amides is 1. The lowest BCUT2D eigenvalue weighted by Gasteiger charge is -2.15. The number of aromatic carboxylic acids is 1. The predicted molar refractivity (Wildman–Crippen MR) is 84.3 cm³/mol. The first-order valence-electron chi connectivity index (χ1n) is 6.02. The van der Waals surface area contributed by atoms with Gasteiger partial charge >= 0.3 is 5.97 Å². The fraction of sp³-hybridized carbons (Fsp3) is 0.154. The number of carbonyl (C=O) groups excluding carboxylic acids is 1. The zero-order valence-corrected chi connectivity index (χ0v) is 14.4. The average Bonchev–Trinajstić information content (AvgIpc) is 2.91. The van der Waals surface area contributed by atoms with Crippen molar-refractivity contribution < 1.29 is 19.1 Å². The fourth-order valence-electron chi connectivity index (χ4n) is 1.67. The molecule has 2 rings (SSSR count). The molecule has 0 saturated heterocycles. The van der Waals surface area contributed by atoms with Crippen LogP contribution >= 0.6 is 31.9 Å². The van der Waals surface area contributed by atoms with E-state index < -0.39 is 23.7 Å². The Labute approximate surface area is 141 Å². The second-order valence-electron chi connectivity index (χ2n) is 4.42. The number of carboxylic acid groups (broad SMARTS) is 1. The van der Waals surface area contributed by atoms with Crippen molar-refractivity contribution in [1.29, 1.82) is 0 Å². The van der Waals surface area contributed by atoms with Crippen LogP contribution in [0.15, 0.2) is 33.5 Å². The molecule has 1 atom stereocenters. The molecule has 0 aliphatic rings. The summed E-state index contributed by atoms with van der Waals surface area (Å²) >= 11 is 6.34. The van der Waals surface area contributed by atoms with E-state index in [9.17, 15) is 14.0 Å².